The second-order valence-electron chi connectivity index (χ2n) is 6.59. The van der Waals surface area contributed by atoms with Gasteiger partial charge in [-0.05, 0) is 31.4 Å². The van der Waals surface area contributed by atoms with E-state index in [0.29, 0.717) is 12.5 Å². The number of aromatic nitrogens is 4. The van der Waals surface area contributed by atoms with Crippen LogP contribution in [0.3, 0.4) is 0 Å². The molecule has 3 rings (SSSR count). The molecule has 144 valence electrons. The molecule has 3 aromatic heterocycles. The number of aliphatic imine (C=N–C) groups is 1. The molecule has 3 aromatic rings. The number of nitrogens with one attached hydrogen (secondary N) is 2. The Morgan fingerprint density at radius 1 is 1.26 bits per heavy atom. The largest absolute Gasteiger partial charge is 0.357 e. The van der Waals surface area contributed by atoms with Crippen LogP contribution in [-0.2, 0) is 13.0 Å². The van der Waals surface area contributed by atoms with Crippen LogP contribution in [0.25, 0.3) is 5.65 Å². The Kier molecular flexibility index (Phi) is 6.75. The number of rotatable bonds is 8. The summed E-state index contributed by atoms with van der Waals surface area (Å²) in [6.45, 7) is 8.64. The van der Waals surface area contributed by atoms with Crippen LogP contribution < -0.4 is 10.6 Å². The zero-order valence-electron chi connectivity index (χ0n) is 16.1. The van der Waals surface area contributed by atoms with E-state index in [-0.39, 0.29) is 0 Å². The maximum atomic E-state index is 4.65. The van der Waals surface area contributed by atoms with Crippen molar-refractivity contribution in [2.24, 2.45) is 4.99 Å². The zero-order chi connectivity index (χ0) is 19.1. The monoisotopic (exact) mass is 385 g/mol. The van der Waals surface area contributed by atoms with Gasteiger partial charge in [-0.3, -0.25) is 4.40 Å². The topological polar surface area (TPSA) is 79.5 Å². The van der Waals surface area contributed by atoms with Crippen LogP contribution in [0.15, 0.2) is 34.8 Å². The third-order valence-electron chi connectivity index (χ3n) is 4.13. The van der Waals surface area contributed by atoms with Gasteiger partial charge in [0.05, 0.1) is 12.2 Å². The Labute approximate surface area is 164 Å². The van der Waals surface area contributed by atoms with Crippen molar-refractivity contribution >= 4 is 22.9 Å². The molecule has 0 unspecified atom stereocenters. The molecular formula is C19H27N7S. The van der Waals surface area contributed by atoms with E-state index in [9.17, 15) is 0 Å². The molecule has 0 aliphatic rings. The second-order valence-corrected chi connectivity index (χ2v) is 7.53. The molecule has 0 saturated heterocycles. The Morgan fingerprint density at radius 3 is 2.93 bits per heavy atom. The first-order valence-corrected chi connectivity index (χ1v) is 10.3. The number of aryl methyl sites for hydroxylation is 1. The number of hydrogen-bond acceptors (Lipinski definition) is 5. The van der Waals surface area contributed by atoms with Gasteiger partial charge in [0.15, 0.2) is 11.6 Å². The summed E-state index contributed by atoms with van der Waals surface area (Å²) in [5, 5.41) is 18.3. The molecular weight excluding hydrogens is 358 g/mol. The summed E-state index contributed by atoms with van der Waals surface area (Å²) in [6.07, 6.45) is 3.82. The summed E-state index contributed by atoms with van der Waals surface area (Å²) >= 11 is 1.67. The number of nitrogens with zero attached hydrogens (tertiary/aromatic N) is 5. The molecule has 0 fully saturated rings. The lowest BCUT2D eigenvalue weighted by Crippen LogP contribution is -2.37. The fraction of sp³-hybridized carbons (Fsp3) is 0.474. The van der Waals surface area contributed by atoms with Crippen LogP contribution in [-0.4, -0.2) is 38.6 Å². The molecule has 27 heavy (non-hydrogen) atoms. The van der Waals surface area contributed by atoms with Gasteiger partial charge in [0.2, 0.25) is 0 Å². The van der Waals surface area contributed by atoms with Crippen molar-refractivity contribution in [3.05, 3.63) is 46.3 Å². The molecule has 0 aliphatic carbocycles. The van der Waals surface area contributed by atoms with Crippen LogP contribution >= 0.6 is 11.3 Å². The normalized spacial score (nSPS) is 12.1. The minimum atomic E-state index is 0.457. The quantitative estimate of drug-likeness (QED) is 0.354. The second kappa shape index (κ2) is 9.45. The van der Waals surface area contributed by atoms with Gasteiger partial charge in [0, 0.05) is 31.1 Å². The molecule has 0 aromatic carbocycles. The van der Waals surface area contributed by atoms with Gasteiger partial charge >= 0.3 is 0 Å². The van der Waals surface area contributed by atoms with Crippen LogP contribution in [0.4, 0.5) is 0 Å². The van der Waals surface area contributed by atoms with Crippen LogP contribution in [0.1, 0.15) is 49.6 Å². The SMILES string of the molecule is CCNC(=NCc1nc(C(C)C)cs1)NCCCc1nnc2ccccn12. The van der Waals surface area contributed by atoms with Crippen LogP contribution in [0.5, 0.6) is 0 Å². The Hall–Kier alpha value is -2.48. The van der Waals surface area contributed by atoms with E-state index in [1.54, 1.807) is 11.3 Å². The van der Waals surface area contributed by atoms with Gasteiger partial charge in [-0.25, -0.2) is 9.98 Å². The smallest absolute Gasteiger partial charge is 0.191 e. The predicted octanol–water partition coefficient (Wildman–Crippen LogP) is 3.00. The minimum absolute atomic E-state index is 0.457. The van der Waals surface area contributed by atoms with Crippen molar-refractivity contribution in [3.63, 3.8) is 0 Å². The van der Waals surface area contributed by atoms with E-state index in [4.69, 9.17) is 0 Å². The van der Waals surface area contributed by atoms with Crippen molar-refractivity contribution in [1.29, 1.82) is 0 Å². The van der Waals surface area contributed by atoms with Gasteiger partial charge in [-0.1, -0.05) is 19.9 Å². The van der Waals surface area contributed by atoms with Gasteiger partial charge in [0.25, 0.3) is 0 Å². The van der Waals surface area contributed by atoms with Gasteiger partial charge in [-0.15, -0.1) is 21.5 Å². The lowest BCUT2D eigenvalue weighted by atomic mass is 10.2. The summed E-state index contributed by atoms with van der Waals surface area (Å²) in [6, 6.07) is 5.94. The van der Waals surface area contributed by atoms with E-state index < -0.39 is 0 Å². The van der Waals surface area contributed by atoms with E-state index in [1.165, 1.54) is 0 Å². The maximum Gasteiger partial charge on any atom is 0.191 e. The molecule has 7 nitrogen and oxygen atoms in total. The standard InChI is InChI=1S/C19H27N7S/c1-4-20-19(22-12-18-23-15(13-27-18)14(2)3)21-10-7-9-17-25-24-16-8-5-6-11-26(16)17/h5-6,8,11,13-14H,4,7,9-10,12H2,1-3H3,(H2,20,21,22). The number of pyridine rings is 1. The third-order valence-corrected chi connectivity index (χ3v) is 4.98. The summed E-state index contributed by atoms with van der Waals surface area (Å²) in [5.41, 5.74) is 2.03. The zero-order valence-corrected chi connectivity index (χ0v) is 17.0. The van der Waals surface area contributed by atoms with Gasteiger partial charge < -0.3 is 10.6 Å². The highest BCUT2D eigenvalue weighted by Crippen LogP contribution is 2.18. The van der Waals surface area contributed by atoms with E-state index in [0.717, 1.165) is 54.1 Å². The lowest BCUT2D eigenvalue weighted by Gasteiger charge is -2.10. The molecule has 3 heterocycles. The molecule has 0 radical (unpaired) electrons. The maximum absolute atomic E-state index is 4.65. The third kappa shape index (κ3) is 5.26. The molecule has 2 N–H and O–H groups in total. The lowest BCUT2D eigenvalue weighted by molar-refractivity contribution is 0.714. The molecule has 0 spiro atoms. The predicted molar refractivity (Wildman–Crippen MR) is 110 cm³/mol. The Bertz CT molecular complexity index is 881. The molecule has 0 atom stereocenters. The van der Waals surface area contributed by atoms with Gasteiger partial charge in [-0.2, -0.15) is 0 Å². The van der Waals surface area contributed by atoms with Crippen molar-refractivity contribution in [2.75, 3.05) is 13.1 Å². The number of guanidine groups is 1. The van der Waals surface area contributed by atoms with E-state index in [1.807, 2.05) is 28.8 Å². The van der Waals surface area contributed by atoms with E-state index >= 15 is 0 Å². The average molecular weight is 386 g/mol. The molecule has 0 aliphatic heterocycles. The summed E-state index contributed by atoms with van der Waals surface area (Å²) in [7, 11) is 0. The molecule has 0 amide bonds. The molecule has 8 heteroatoms. The summed E-state index contributed by atoms with van der Waals surface area (Å²) < 4.78 is 2.04. The molecule has 0 bridgehead atoms. The first kappa shape index (κ1) is 19.3. The highest BCUT2D eigenvalue weighted by atomic mass is 32.1. The van der Waals surface area contributed by atoms with E-state index in [2.05, 4.69) is 57.0 Å². The summed E-state index contributed by atoms with van der Waals surface area (Å²) in [4.78, 5) is 9.29. The van der Waals surface area contributed by atoms with Crippen molar-refractivity contribution in [1.82, 2.24) is 30.2 Å². The Morgan fingerprint density at radius 2 is 2.15 bits per heavy atom. The van der Waals surface area contributed by atoms with Crippen LogP contribution in [0.2, 0.25) is 0 Å². The Balaban J connectivity index is 1.50. The van der Waals surface area contributed by atoms with Crippen molar-refractivity contribution in [2.45, 2.75) is 46.1 Å². The molecule has 0 saturated carbocycles. The first-order valence-electron chi connectivity index (χ1n) is 9.42. The fourth-order valence-electron chi connectivity index (χ4n) is 2.67. The number of fused-ring (bicyclic) bond motifs is 1. The minimum Gasteiger partial charge on any atom is -0.357 e. The highest BCUT2D eigenvalue weighted by molar-refractivity contribution is 7.09. The average Bonchev–Trinajstić information content (AvgIpc) is 3.30. The number of hydrogen-bond donors (Lipinski definition) is 2. The summed E-state index contributed by atoms with van der Waals surface area (Å²) in [5.74, 6) is 2.27. The number of thiazole rings is 1. The first-order chi connectivity index (χ1) is 13.2. The fourth-order valence-corrected chi connectivity index (χ4v) is 3.54. The van der Waals surface area contributed by atoms with Crippen molar-refractivity contribution in [3.8, 4) is 0 Å². The van der Waals surface area contributed by atoms with Crippen LogP contribution in [0, 0.1) is 0 Å². The van der Waals surface area contributed by atoms with Gasteiger partial charge in [0.1, 0.15) is 10.8 Å². The highest BCUT2D eigenvalue weighted by Gasteiger charge is 2.06. The van der Waals surface area contributed by atoms with Crippen molar-refractivity contribution < 1.29 is 0 Å².